The SMILES string of the molecule is CCOc1ncccc1C(=O)N1CCO[C@H](C)[C@H]1c1nc(C)no1. The summed E-state index contributed by atoms with van der Waals surface area (Å²) < 4.78 is 16.4. The van der Waals surface area contributed by atoms with Crippen molar-refractivity contribution in [2.24, 2.45) is 0 Å². The van der Waals surface area contributed by atoms with E-state index in [9.17, 15) is 4.79 Å². The van der Waals surface area contributed by atoms with Crippen LogP contribution >= 0.6 is 0 Å². The fourth-order valence-electron chi connectivity index (χ4n) is 2.78. The molecule has 0 aromatic carbocycles. The number of amides is 1. The van der Waals surface area contributed by atoms with Gasteiger partial charge >= 0.3 is 0 Å². The number of hydrogen-bond acceptors (Lipinski definition) is 7. The minimum atomic E-state index is -0.442. The molecule has 2 atom stereocenters. The monoisotopic (exact) mass is 332 g/mol. The third-order valence-electron chi connectivity index (χ3n) is 3.83. The quantitative estimate of drug-likeness (QED) is 0.842. The number of rotatable bonds is 4. The van der Waals surface area contributed by atoms with Crippen molar-refractivity contribution < 1.29 is 18.8 Å². The molecule has 3 heterocycles. The second-order valence-corrected chi connectivity index (χ2v) is 5.49. The molecule has 8 heteroatoms. The molecule has 1 saturated heterocycles. The highest BCUT2D eigenvalue weighted by atomic mass is 16.5. The van der Waals surface area contributed by atoms with E-state index in [1.54, 1.807) is 30.2 Å². The Labute approximate surface area is 139 Å². The molecule has 1 aliphatic rings. The second-order valence-electron chi connectivity index (χ2n) is 5.49. The maximum atomic E-state index is 13.1. The summed E-state index contributed by atoms with van der Waals surface area (Å²) in [6, 6.07) is 2.98. The summed E-state index contributed by atoms with van der Waals surface area (Å²) >= 11 is 0. The van der Waals surface area contributed by atoms with Crippen molar-refractivity contribution in [1.82, 2.24) is 20.0 Å². The Bertz CT molecular complexity index is 718. The van der Waals surface area contributed by atoms with E-state index in [1.807, 2.05) is 13.8 Å². The topological polar surface area (TPSA) is 90.6 Å². The van der Waals surface area contributed by atoms with Crippen LogP contribution in [0.15, 0.2) is 22.9 Å². The zero-order valence-electron chi connectivity index (χ0n) is 13.9. The lowest BCUT2D eigenvalue weighted by molar-refractivity contribution is -0.0601. The summed E-state index contributed by atoms with van der Waals surface area (Å²) in [6.45, 7) is 6.78. The fourth-order valence-corrected chi connectivity index (χ4v) is 2.78. The van der Waals surface area contributed by atoms with Gasteiger partial charge < -0.3 is 18.9 Å². The third-order valence-corrected chi connectivity index (χ3v) is 3.83. The summed E-state index contributed by atoms with van der Waals surface area (Å²) in [5, 5.41) is 3.82. The fraction of sp³-hybridized carbons (Fsp3) is 0.500. The molecule has 0 N–H and O–H groups in total. The van der Waals surface area contributed by atoms with Crippen LogP contribution in [-0.4, -0.2) is 51.8 Å². The van der Waals surface area contributed by atoms with Crippen LogP contribution in [0.2, 0.25) is 0 Å². The van der Waals surface area contributed by atoms with Crippen LogP contribution in [0.4, 0.5) is 0 Å². The maximum absolute atomic E-state index is 13.1. The first kappa shape index (κ1) is 16.4. The van der Waals surface area contributed by atoms with Gasteiger partial charge in [0.1, 0.15) is 11.6 Å². The van der Waals surface area contributed by atoms with E-state index >= 15 is 0 Å². The van der Waals surface area contributed by atoms with Crippen LogP contribution in [0, 0.1) is 6.92 Å². The summed E-state index contributed by atoms with van der Waals surface area (Å²) in [5.74, 6) is 1.02. The van der Waals surface area contributed by atoms with Gasteiger partial charge in [0.2, 0.25) is 5.88 Å². The van der Waals surface area contributed by atoms with Crippen LogP contribution in [0.3, 0.4) is 0 Å². The van der Waals surface area contributed by atoms with Gasteiger partial charge in [-0.25, -0.2) is 4.98 Å². The summed E-state index contributed by atoms with van der Waals surface area (Å²) in [6.07, 6.45) is 1.34. The normalized spacial score (nSPS) is 20.9. The molecular formula is C16H20N4O4. The van der Waals surface area contributed by atoms with Gasteiger partial charge in [-0.2, -0.15) is 4.98 Å². The molecule has 0 bridgehead atoms. The zero-order chi connectivity index (χ0) is 17.1. The van der Waals surface area contributed by atoms with Gasteiger partial charge in [-0.05, 0) is 32.9 Å². The number of aromatic nitrogens is 3. The van der Waals surface area contributed by atoms with Crippen molar-refractivity contribution in [2.45, 2.75) is 32.9 Å². The van der Waals surface area contributed by atoms with Gasteiger partial charge in [0.15, 0.2) is 5.82 Å². The summed E-state index contributed by atoms with van der Waals surface area (Å²) in [5.41, 5.74) is 0.412. The van der Waals surface area contributed by atoms with E-state index in [0.717, 1.165) is 0 Å². The molecule has 1 fully saturated rings. The number of hydrogen-bond donors (Lipinski definition) is 0. The number of carbonyl (C=O) groups excluding carboxylic acids is 1. The summed E-state index contributed by atoms with van der Waals surface area (Å²) in [4.78, 5) is 23.2. The van der Waals surface area contributed by atoms with Crippen LogP contribution < -0.4 is 4.74 Å². The van der Waals surface area contributed by atoms with Gasteiger partial charge in [0.25, 0.3) is 11.8 Å². The Morgan fingerprint density at radius 3 is 3.04 bits per heavy atom. The lowest BCUT2D eigenvalue weighted by atomic mass is 10.1. The lowest BCUT2D eigenvalue weighted by Crippen LogP contribution is -2.47. The molecule has 0 radical (unpaired) electrons. The molecule has 128 valence electrons. The zero-order valence-corrected chi connectivity index (χ0v) is 13.9. The van der Waals surface area contributed by atoms with Gasteiger partial charge in [0.05, 0.1) is 19.3 Å². The lowest BCUT2D eigenvalue weighted by Gasteiger charge is -2.37. The second kappa shape index (κ2) is 6.96. The maximum Gasteiger partial charge on any atom is 0.260 e. The predicted molar refractivity (Wildman–Crippen MR) is 83.6 cm³/mol. The van der Waals surface area contributed by atoms with E-state index in [1.165, 1.54) is 0 Å². The van der Waals surface area contributed by atoms with Crippen LogP contribution in [0.5, 0.6) is 5.88 Å². The minimum Gasteiger partial charge on any atom is -0.477 e. The number of nitrogens with zero attached hydrogens (tertiary/aromatic N) is 4. The van der Waals surface area contributed by atoms with Gasteiger partial charge in [0, 0.05) is 12.7 Å². The van der Waals surface area contributed by atoms with Crippen molar-refractivity contribution in [3.8, 4) is 5.88 Å². The number of pyridine rings is 1. The minimum absolute atomic E-state index is 0.192. The molecule has 3 rings (SSSR count). The Morgan fingerprint density at radius 1 is 1.50 bits per heavy atom. The van der Waals surface area contributed by atoms with E-state index in [0.29, 0.717) is 42.9 Å². The van der Waals surface area contributed by atoms with Crippen molar-refractivity contribution in [3.63, 3.8) is 0 Å². The first-order valence-electron chi connectivity index (χ1n) is 7.92. The Kier molecular flexibility index (Phi) is 4.75. The average Bonchev–Trinajstić information content (AvgIpc) is 3.01. The van der Waals surface area contributed by atoms with E-state index in [4.69, 9.17) is 14.0 Å². The average molecular weight is 332 g/mol. The van der Waals surface area contributed by atoms with Crippen molar-refractivity contribution >= 4 is 5.91 Å². The third kappa shape index (κ3) is 3.09. The van der Waals surface area contributed by atoms with Gasteiger partial charge in [-0.3, -0.25) is 4.79 Å². The molecule has 1 aliphatic heterocycles. The van der Waals surface area contributed by atoms with Gasteiger partial charge in [-0.1, -0.05) is 5.16 Å². The molecule has 0 saturated carbocycles. The Balaban J connectivity index is 1.94. The summed E-state index contributed by atoms with van der Waals surface area (Å²) in [7, 11) is 0. The molecule has 2 aromatic heterocycles. The van der Waals surface area contributed by atoms with E-state index in [2.05, 4.69) is 15.1 Å². The van der Waals surface area contributed by atoms with Crippen LogP contribution in [0.1, 0.15) is 42.0 Å². The standard InChI is InChI=1S/C16H20N4O4/c1-4-22-14-12(6-5-7-17-14)16(21)20-8-9-23-10(2)13(20)15-18-11(3)19-24-15/h5-7,10,13H,4,8-9H2,1-3H3/t10-,13+/m1/s1. The molecule has 1 amide bonds. The number of morpholine rings is 1. The van der Waals surface area contributed by atoms with Crippen LogP contribution in [-0.2, 0) is 4.74 Å². The van der Waals surface area contributed by atoms with Crippen LogP contribution in [0.25, 0.3) is 0 Å². The molecule has 0 aliphatic carbocycles. The smallest absolute Gasteiger partial charge is 0.260 e. The Morgan fingerprint density at radius 2 is 2.33 bits per heavy atom. The Hall–Kier alpha value is -2.48. The number of carbonyl (C=O) groups is 1. The van der Waals surface area contributed by atoms with Crippen molar-refractivity contribution in [1.29, 1.82) is 0 Å². The number of ether oxygens (including phenoxy) is 2. The van der Waals surface area contributed by atoms with E-state index < -0.39 is 6.04 Å². The molecule has 2 aromatic rings. The molecule has 8 nitrogen and oxygen atoms in total. The largest absolute Gasteiger partial charge is 0.477 e. The molecule has 0 unspecified atom stereocenters. The predicted octanol–water partition coefficient (Wildman–Crippen LogP) is 1.77. The highest BCUT2D eigenvalue weighted by Gasteiger charge is 2.39. The van der Waals surface area contributed by atoms with Crippen molar-refractivity contribution in [3.05, 3.63) is 35.6 Å². The van der Waals surface area contributed by atoms with Gasteiger partial charge in [-0.15, -0.1) is 0 Å². The molecular weight excluding hydrogens is 312 g/mol. The first-order valence-corrected chi connectivity index (χ1v) is 7.92. The highest BCUT2D eigenvalue weighted by molar-refractivity contribution is 5.96. The number of aryl methyl sites for hydroxylation is 1. The molecule has 0 spiro atoms. The van der Waals surface area contributed by atoms with Crippen molar-refractivity contribution in [2.75, 3.05) is 19.8 Å². The first-order chi connectivity index (χ1) is 11.6. The molecule has 24 heavy (non-hydrogen) atoms. The van der Waals surface area contributed by atoms with E-state index in [-0.39, 0.29) is 12.0 Å². The highest BCUT2D eigenvalue weighted by Crippen LogP contribution is 2.31.